The molecule has 1 saturated heterocycles. The molecule has 0 aromatic carbocycles. The smallest absolute Gasteiger partial charge is 0.309 e. The molecule has 0 aromatic heterocycles. The van der Waals surface area contributed by atoms with E-state index in [1.807, 2.05) is 6.92 Å². The van der Waals surface area contributed by atoms with E-state index < -0.39 is 7.60 Å². The lowest BCUT2D eigenvalue weighted by Gasteiger charge is -2.24. The van der Waals surface area contributed by atoms with Crippen molar-refractivity contribution in [1.29, 1.82) is 0 Å². The summed E-state index contributed by atoms with van der Waals surface area (Å²) in [5, 5.41) is 0. The van der Waals surface area contributed by atoms with E-state index in [0.717, 1.165) is 6.42 Å². The Hall–Kier alpha value is 0.150. The third-order valence-electron chi connectivity index (χ3n) is 1.22. The van der Waals surface area contributed by atoms with Crippen LogP contribution >= 0.6 is 7.60 Å². The van der Waals surface area contributed by atoms with E-state index in [0.29, 0.717) is 6.61 Å². The minimum atomic E-state index is -2.64. The van der Waals surface area contributed by atoms with Crippen LogP contribution in [0.1, 0.15) is 13.3 Å². The summed E-state index contributed by atoms with van der Waals surface area (Å²) in [4.78, 5) is 0. The van der Waals surface area contributed by atoms with E-state index in [4.69, 9.17) is 9.05 Å². The highest BCUT2D eigenvalue weighted by Gasteiger charge is 2.25. The second-order valence-corrected chi connectivity index (χ2v) is 4.32. The molecular formula is C5H11O3P. The molecule has 0 saturated carbocycles. The van der Waals surface area contributed by atoms with Gasteiger partial charge < -0.3 is 9.05 Å². The van der Waals surface area contributed by atoms with Gasteiger partial charge in [0.25, 0.3) is 0 Å². The average Bonchev–Trinajstić information content (AvgIpc) is 1.60. The summed E-state index contributed by atoms with van der Waals surface area (Å²) in [6.45, 7) is 3.97. The molecule has 1 rings (SSSR count). The van der Waals surface area contributed by atoms with E-state index in [-0.39, 0.29) is 6.10 Å². The molecule has 0 bridgehead atoms. The van der Waals surface area contributed by atoms with Crippen molar-refractivity contribution in [2.75, 3.05) is 13.3 Å². The van der Waals surface area contributed by atoms with Crippen molar-refractivity contribution in [1.82, 2.24) is 0 Å². The molecule has 4 heteroatoms. The molecule has 0 spiro atoms. The minimum absolute atomic E-state index is 0.0922. The zero-order valence-electron chi connectivity index (χ0n) is 5.66. The average molecular weight is 150 g/mol. The fourth-order valence-electron chi connectivity index (χ4n) is 0.794. The molecule has 0 radical (unpaired) electrons. The first-order valence-corrected chi connectivity index (χ1v) is 4.99. The Balaban J connectivity index is 2.51. The molecule has 2 atom stereocenters. The fourth-order valence-corrected chi connectivity index (χ4v) is 2.05. The van der Waals surface area contributed by atoms with Gasteiger partial charge in [0.1, 0.15) is 0 Å². The Kier molecular flexibility index (Phi) is 1.94. The van der Waals surface area contributed by atoms with Gasteiger partial charge in [0.05, 0.1) is 12.7 Å². The van der Waals surface area contributed by atoms with Crippen molar-refractivity contribution >= 4 is 7.60 Å². The molecule has 1 aliphatic heterocycles. The summed E-state index contributed by atoms with van der Waals surface area (Å²) in [5.74, 6) is 0. The maximum absolute atomic E-state index is 11.0. The summed E-state index contributed by atoms with van der Waals surface area (Å²) >= 11 is 0. The van der Waals surface area contributed by atoms with Crippen LogP contribution in [0.25, 0.3) is 0 Å². The maximum atomic E-state index is 11.0. The number of rotatable bonds is 0. The van der Waals surface area contributed by atoms with Crippen LogP contribution in [0.2, 0.25) is 0 Å². The van der Waals surface area contributed by atoms with Crippen molar-refractivity contribution in [3.63, 3.8) is 0 Å². The highest BCUT2D eigenvalue weighted by Crippen LogP contribution is 2.48. The van der Waals surface area contributed by atoms with Gasteiger partial charge in [-0.2, -0.15) is 0 Å². The summed E-state index contributed by atoms with van der Waals surface area (Å²) in [6.07, 6.45) is 0.937. The predicted octanol–water partition coefficient (Wildman–Crippen LogP) is 1.63. The third kappa shape index (κ3) is 2.09. The molecule has 0 aliphatic carbocycles. The maximum Gasteiger partial charge on any atom is 0.327 e. The van der Waals surface area contributed by atoms with Crippen molar-refractivity contribution in [3.8, 4) is 0 Å². The largest absolute Gasteiger partial charge is 0.327 e. The van der Waals surface area contributed by atoms with Crippen LogP contribution in [0, 0.1) is 0 Å². The van der Waals surface area contributed by atoms with E-state index in [1.54, 1.807) is 0 Å². The van der Waals surface area contributed by atoms with E-state index in [2.05, 4.69) is 0 Å². The number of hydrogen-bond acceptors (Lipinski definition) is 3. The molecule has 1 aliphatic rings. The molecule has 9 heavy (non-hydrogen) atoms. The fraction of sp³-hybridized carbons (Fsp3) is 1.00. The second kappa shape index (κ2) is 2.41. The SMILES string of the molecule is C[C@@H]1CCO[P@@](C)(=O)O1. The lowest BCUT2D eigenvalue weighted by Crippen LogP contribution is -2.16. The topological polar surface area (TPSA) is 35.5 Å². The summed E-state index contributed by atoms with van der Waals surface area (Å²) in [5.41, 5.74) is 0. The highest BCUT2D eigenvalue weighted by atomic mass is 31.2. The molecule has 1 heterocycles. The van der Waals surface area contributed by atoms with Crippen LogP contribution in [0.4, 0.5) is 0 Å². The monoisotopic (exact) mass is 150 g/mol. The molecule has 54 valence electrons. The Bertz CT molecular complexity index is 145. The van der Waals surface area contributed by atoms with Crippen LogP contribution < -0.4 is 0 Å². The Morgan fingerprint density at radius 2 is 2.33 bits per heavy atom. The number of hydrogen-bond donors (Lipinski definition) is 0. The second-order valence-electron chi connectivity index (χ2n) is 2.31. The van der Waals surface area contributed by atoms with Gasteiger partial charge >= 0.3 is 7.60 Å². The molecule has 0 aromatic rings. The summed E-state index contributed by atoms with van der Waals surface area (Å²) in [6, 6.07) is 0. The normalized spacial score (nSPS) is 44.9. The minimum Gasteiger partial charge on any atom is -0.309 e. The quantitative estimate of drug-likeness (QED) is 0.492. The summed E-state index contributed by atoms with van der Waals surface area (Å²) in [7, 11) is -2.64. The van der Waals surface area contributed by atoms with E-state index in [9.17, 15) is 4.57 Å². The standard InChI is InChI=1S/C5H11O3P/c1-5-3-4-7-9(2,6)8-5/h5H,3-4H2,1-2H3/t5-,9-/m1/s1. The predicted molar refractivity (Wildman–Crippen MR) is 34.6 cm³/mol. The van der Waals surface area contributed by atoms with Crippen LogP contribution in [-0.4, -0.2) is 19.4 Å². The Morgan fingerprint density at radius 3 is 2.67 bits per heavy atom. The molecule has 1 fully saturated rings. The van der Waals surface area contributed by atoms with Gasteiger partial charge in [0, 0.05) is 6.66 Å². The first kappa shape index (κ1) is 7.26. The van der Waals surface area contributed by atoms with E-state index >= 15 is 0 Å². The van der Waals surface area contributed by atoms with Gasteiger partial charge in [-0.15, -0.1) is 0 Å². The van der Waals surface area contributed by atoms with Crippen molar-refractivity contribution < 1.29 is 13.6 Å². The first-order chi connectivity index (χ1) is 4.10. The van der Waals surface area contributed by atoms with Gasteiger partial charge in [0.2, 0.25) is 0 Å². The van der Waals surface area contributed by atoms with Crippen molar-refractivity contribution in [2.24, 2.45) is 0 Å². The van der Waals surface area contributed by atoms with Crippen LogP contribution in [0.5, 0.6) is 0 Å². The van der Waals surface area contributed by atoms with Crippen molar-refractivity contribution in [2.45, 2.75) is 19.4 Å². The molecule has 0 unspecified atom stereocenters. The van der Waals surface area contributed by atoms with Gasteiger partial charge in [-0.25, -0.2) is 0 Å². The Morgan fingerprint density at radius 1 is 1.67 bits per heavy atom. The van der Waals surface area contributed by atoms with Gasteiger partial charge in [-0.05, 0) is 13.3 Å². The lowest BCUT2D eigenvalue weighted by molar-refractivity contribution is 0.0957. The van der Waals surface area contributed by atoms with Crippen LogP contribution in [-0.2, 0) is 13.6 Å². The molecule has 3 nitrogen and oxygen atoms in total. The van der Waals surface area contributed by atoms with Gasteiger partial charge in [0.15, 0.2) is 0 Å². The van der Waals surface area contributed by atoms with Crippen LogP contribution in [0.15, 0.2) is 0 Å². The molecule has 0 N–H and O–H groups in total. The third-order valence-corrected chi connectivity index (χ3v) is 2.62. The van der Waals surface area contributed by atoms with Crippen molar-refractivity contribution in [3.05, 3.63) is 0 Å². The zero-order valence-corrected chi connectivity index (χ0v) is 6.56. The van der Waals surface area contributed by atoms with Gasteiger partial charge in [-0.1, -0.05) is 0 Å². The Labute approximate surface area is 54.9 Å². The molecule has 0 amide bonds. The first-order valence-electron chi connectivity index (χ1n) is 3.00. The van der Waals surface area contributed by atoms with Crippen LogP contribution in [0.3, 0.4) is 0 Å². The lowest BCUT2D eigenvalue weighted by atomic mass is 10.3. The summed E-state index contributed by atoms with van der Waals surface area (Å²) < 4.78 is 20.9. The van der Waals surface area contributed by atoms with Gasteiger partial charge in [-0.3, -0.25) is 4.57 Å². The zero-order chi connectivity index (χ0) is 6.91. The highest BCUT2D eigenvalue weighted by molar-refractivity contribution is 7.53. The molecular weight excluding hydrogens is 139 g/mol. The van der Waals surface area contributed by atoms with E-state index in [1.165, 1.54) is 6.66 Å².